The predicted octanol–water partition coefficient (Wildman–Crippen LogP) is 4.34. The van der Waals surface area contributed by atoms with Crippen LogP contribution in [-0.4, -0.2) is 15.1 Å². The summed E-state index contributed by atoms with van der Waals surface area (Å²) in [4.78, 5) is 8.44. The number of nitrogens with one attached hydrogen (secondary N) is 1. The van der Waals surface area contributed by atoms with Crippen molar-refractivity contribution in [1.82, 2.24) is 15.1 Å². The van der Waals surface area contributed by atoms with Gasteiger partial charge in [0.15, 0.2) is 0 Å². The number of benzene rings is 2. The fourth-order valence-electron chi connectivity index (χ4n) is 2.62. The maximum atomic E-state index is 13.2. The van der Waals surface area contributed by atoms with E-state index in [4.69, 9.17) is 4.52 Å². The summed E-state index contributed by atoms with van der Waals surface area (Å²) in [5, 5.41) is 8.07. The standard InChI is InChI=1S/C19H15FN4O/c1-12-2-4-13(5-3-12)10-21-18-16-17(14-6-8-15(20)9-7-14)24-25-19(16)23-11-22-18/h2-9,11H,10H2,1H3,(H,21,22,23). The summed E-state index contributed by atoms with van der Waals surface area (Å²) in [6, 6.07) is 14.3. The molecule has 5 nitrogen and oxygen atoms in total. The predicted molar refractivity (Wildman–Crippen MR) is 93.5 cm³/mol. The van der Waals surface area contributed by atoms with Gasteiger partial charge in [0.1, 0.15) is 29.0 Å². The van der Waals surface area contributed by atoms with E-state index in [-0.39, 0.29) is 5.82 Å². The second kappa shape index (κ2) is 6.32. The van der Waals surface area contributed by atoms with Crippen molar-refractivity contribution >= 4 is 16.9 Å². The van der Waals surface area contributed by atoms with Crippen LogP contribution in [0.3, 0.4) is 0 Å². The maximum absolute atomic E-state index is 13.2. The molecule has 124 valence electrons. The first-order valence-corrected chi connectivity index (χ1v) is 7.86. The molecule has 1 N–H and O–H groups in total. The Balaban J connectivity index is 1.70. The van der Waals surface area contributed by atoms with Crippen LogP contribution in [0.2, 0.25) is 0 Å². The number of nitrogens with zero attached hydrogens (tertiary/aromatic N) is 3. The van der Waals surface area contributed by atoms with Crippen molar-refractivity contribution in [3.63, 3.8) is 0 Å². The van der Waals surface area contributed by atoms with E-state index in [1.165, 1.54) is 24.0 Å². The SMILES string of the molecule is Cc1ccc(CNc2ncnc3onc(-c4ccc(F)cc4)c23)cc1. The third-order valence-corrected chi connectivity index (χ3v) is 3.97. The maximum Gasteiger partial charge on any atom is 0.263 e. The Kier molecular flexibility index (Phi) is 3.85. The van der Waals surface area contributed by atoms with Gasteiger partial charge in [-0.3, -0.25) is 0 Å². The van der Waals surface area contributed by atoms with Crippen LogP contribution in [0, 0.1) is 12.7 Å². The number of hydrogen-bond donors (Lipinski definition) is 1. The first-order valence-electron chi connectivity index (χ1n) is 7.86. The molecule has 2 aromatic carbocycles. The molecule has 0 aliphatic carbocycles. The van der Waals surface area contributed by atoms with Gasteiger partial charge in [0.05, 0.1) is 0 Å². The zero-order valence-electron chi connectivity index (χ0n) is 13.5. The molecule has 25 heavy (non-hydrogen) atoms. The van der Waals surface area contributed by atoms with Crippen LogP contribution in [0.5, 0.6) is 0 Å². The zero-order chi connectivity index (χ0) is 17.2. The van der Waals surface area contributed by atoms with E-state index in [1.54, 1.807) is 12.1 Å². The summed E-state index contributed by atoms with van der Waals surface area (Å²) < 4.78 is 18.5. The minimum atomic E-state index is -0.300. The largest absolute Gasteiger partial charge is 0.365 e. The Bertz CT molecular complexity index is 1010. The number of anilines is 1. The highest BCUT2D eigenvalue weighted by molar-refractivity contribution is 5.97. The quantitative estimate of drug-likeness (QED) is 0.601. The van der Waals surface area contributed by atoms with Crippen molar-refractivity contribution in [2.75, 3.05) is 5.32 Å². The fraction of sp³-hybridized carbons (Fsp3) is 0.105. The molecular weight excluding hydrogens is 319 g/mol. The molecule has 0 bridgehead atoms. The van der Waals surface area contributed by atoms with Gasteiger partial charge >= 0.3 is 0 Å². The lowest BCUT2D eigenvalue weighted by Crippen LogP contribution is -2.02. The van der Waals surface area contributed by atoms with E-state index in [0.29, 0.717) is 29.2 Å². The average molecular weight is 334 g/mol. The summed E-state index contributed by atoms with van der Waals surface area (Å²) in [5.41, 5.74) is 4.07. The summed E-state index contributed by atoms with van der Waals surface area (Å²) in [6.45, 7) is 2.66. The number of aryl methyl sites for hydroxylation is 1. The van der Waals surface area contributed by atoms with Crippen LogP contribution < -0.4 is 5.32 Å². The smallest absolute Gasteiger partial charge is 0.263 e. The average Bonchev–Trinajstić information content (AvgIpc) is 3.07. The minimum Gasteiger partial charge on any atom is -0.365 e. The van der Waals surface area contributed by atoms with Crippen molar-refractivity contribution in [1.29, 1.82) is 0 Å². The second-order valence-corrected chi connectivity index (χ2v) is 5.78. The molecule has 0 saturated carbocycles. The zero-order valence-corrected chi connectivity index (χ0v) is 13.5. The molecule has 4 aromatic rings. The molecule has 6 heteroatoms. The lowest BCUT2D eigenvalue weighted by Gasteiger charge is -2.07. The molecule has 4 rings (SSSR count). The van der Waals surface area contributed by atoms with Crippen LogP contribution >= 0.6 is 0 Å². The van der Waals surface area contributed by atoms with E-state index >= 15 is 0 Å². The lowest BCUT2D eigenvalue weighted by molar-refractivity contribution is 0.451. The molecule has 0 unspecified atom stereocenters. The summed E-state index contributed by atoms with van der Waals surface area (Å²) in [6.07, 6.45) is 1.43. The van der Waals surface area contributed by atoms with Crippen LogP contribution in [0.25, 0.3) is 22.4 Å². The van der Waals surface area contributed by atoms with Gasteiger partial charge in [-0.2, -0.15) is 4.98 Å². The third kappa shape index (κ3) is 3.06. The molecule has 2 aromatic heterocycles. The van der Waals surface area contributed by atoms with Gasteiger partial charge < -0.3 is 9.84 Å². The van der Waals surface area contributed by atoms with Crippen molar-refractivity contribution in [2.45, 2.75) is 13.5 Å². The number of rotatable bonds is 4. The van der Waals surface area contributed by atoms with Crippen molar-refractivity contribution < 1.29 is 8.91 Å². The molecular formula is C19H15FN4O. The van der Waals surface area contributed by atoms with Crippen molar-refractivity contribution in [3.8, 4) is 11.3 Å². The van der Waals surface area contributed by atoms with Crippen LogP contribution in [0.1, 0.15) is 11.1 Å². The van der Waals surface area contributed by atoms with E-state index in [0.717, 1.165) is 11.1 Å². The van der Waals surface area contributed by atoms with Crippen molar-refractivity contribution in [2.24, 2.45) is 0 Å². The van der Waals surface area contributed by atoms with Crippen LogP contribution in [0.15, 0.2) is 59.4 Å². The number of hydrogen-bond acceptors (Lipinski definition) is 5. The van der Waals surface area contributed by atoms with Gasteiger partial charge in [0.25, 0.3) is 5.71 Å². The van der Waals surface area contributed by atoms with Gasteiger partial charge in [0, 0.05) is 12.1 Å². The van der Waals surface area contributed by atoms with Gasteiger partial charge in [0.2, 0.25) is 0 Å². The molecule has 0 spiro atoms. The van der Waals surface area contributed by atoms with Gasteiger partial charge in [-0.05, 0) is 36.8 Å². The molecule has 0 amide bonds. The molecule has 0 radical (unpaired) electrons. The Morgan fingerprint density at radius 2 is 1.76 bits per heavy atom. The first kappa shape index (κ1) is 15.3. The van der Waals surface area contributed by atoms with E-state index in [1.807, 2.05) is 0 Å². The molecule has 0 fully saturated rings. The molecule has 0 atom stereocenters. The molecule has 0 saturated heterocycles. The Labute approximate surface area is 143 Å². The van der Waals surface area contributed by atoms with Crippen LogP contribution in [-0.2, 0) is 6.54 Å². The lowest BCUT2D eigenvalue weighted by atomic mass is 10.1. The normalized spacial score (nSPS) is 11.0. The monoisotopic (exact) mass is 334 g/mol. The molecule has 0 aliphatic heterocycles. The van der Waals surface area contributed by atoms with E-state index in [2.05, 4.69) is 51.6 Å². The fourth-order valence-corrected chi connectivity index (χ4v) is 2.62. The van der Waals surface area contributed by atoms with E-state index in [9.17, 15) is 4.39 Å². The van der Waals surface area contributed by atoms with E-state index < -0.39 is 0 Å². The number of fused-ring (bicyclic) bond motifs is 1. The minimum absolute atomic E-state index is 0.300. The molecule has 2 heterocycles. The second-order valence-electron chi connectivity index (χ2n) is 5.78. The number of halogens is 1. The van der Waals surface area contributed by atoms with Gasteiger partial charge in [-0.15, -0.1) is 0 Å². The highest BCUT2D eigenvalue weighted by Gasteiger charge is 2.16. The Morgan fingerprint density at radius 1 is 1.00 bits per heavy atom. The molecule has 0 aliphatic rings. The summed E-state index contributed by atoms with van der Waals surface area (Å²) >= 11 is 0. The first-order chi connectivity index (χ1) is 12.2. The topological polar surface area (TPSA) is 63.8 Å². The van der Waals surface area contributed by atoms with Gasteiger partial charge in [-0.1, -0.05) is 35.0 Å². The number of aromatic nitrogens is 3. The third-order valence-electron chi connectivity index (χ3n) is 3.97. The Morgan fingerprint density at radius 3 is 2.52 bits per heavy atom. The highest BCUT2D eigenvalue weighted by atomic mass is 19.1. The summed E-state index contributed by atoms with van der Waals surface area (Å²) in [5.74, 6) is 0.330. The summed E-state index contributed by atoms with van der Waals surface area (Å²) in [7, 11) is 0. The Hall–Kier alpha value is -3.28. The van der Waals surface area contributed by atoms with Crippen molar-refractivity contribution in [3.05, 3.63) is 71.8 Å². The highest BCUT2D eigenvalue weighted by Crippen LogP contribution is 2.31. The van der Waals surface area contributed by atoms with Gasteiger partial charge in [-0.25, -0.2) is 9.37 Å². The van der Waals surface area contributed by atoms with Crippen LogP contribution in [0.4, 0.5) is 10.2 Å².